The van der Waals surface area contributed by atoms with E-state index in [9.17, 15) is 4.79 Å². The molecule has 0 radical (unpaired) electrons. The summed E-state index contributed by atoms with van der Waals surface area (Å²) in [4.78, 5) is 19.4. The van der Waals surface area contributed by atoms with Crippen LogP contribution in [0.2, 0.25) is 20.1 Å². The molecule has 0 saturated heterocycles. The molecule has 0 atom stereocenters. The van der Waals surface area contributed by atoms with E-state index in [-0.39, 0.29) is 11.6 Å². The summed E-state index contributed by atoms with van der Waals surface area (Å²) >= 11 is 24.5. The van der Waals surface area contributed by atoms with Gasteiger partial charge in [0.05, 0.1) is 15.7 Å². The fourth-order valence-electron chi connectivity index (χ4n) is 2.93. The first-order valence-corrected chi connectivity index (χ1v) is 10.1. The lowest BCUT2D eigenvalue weighted by Gasteiger charge is -2.19. The second-order valence-electron chi connectivity index (χ2n) is 6.24. The summed E-state index contributed by atoms with van der Waals surface area (Å²) < 4.78 is 0. The minimum Gasteiger partial charge on any atom is -0.266 e. The molecule has 0 N–H and O–H groups in total. The monoisotopic (exact) mass is 460 g/mol. The molecule has 3 aromatic rings. The van der Waals surface area contributed by atoms with Crippen LogP contribution < -0.4 is 4.90 Å². The molecular formula is C22H12Cl4N2O. The quantitative estimate of drug-likeness (QED) is 0.381. The van der Waals surface area contributed by atoms with Crippen LogP contribution in [0.25, 0.3) is 6.08 Å². The van der Waals surface area contributed by atoms with Gasteiger partial charge in [-0.15, -0.1) is 0 Å². The Balaban J connectivity index is 1.84. The molecule has 1 heterocycles. The van der Waals surface area contributed by atoms with Crippen LogP contribution in [0.1, 0.15) is 11.1 Å². The normalized spacial score (nSPS) is 15.2. The van der Waals surface area contributed by atoms with E-state index in [1.807, 2.05) is 30.3 Å². The Hall–Kier alpha value is -2.30. The van der Waals surface area contributed by atoms with E-state index in [0.717, 1.165) is 5.56 Å². The lowest BCUT2D eigenvalue weighted by Crippen LogP contribution is -2.32. The van der Waals surface area contributed by atoms with Crippen LogP contribution in [0.4, 0.5) is 5.69 Å². The second-order valence-corrected chi connectivity index (χ2v) is 7.89. The van der Waals surface area contributed by atoms with Crippen LogP contribution in [0, 0.1) is 0 Å². The number of rotatable bonds is 3. The highest BCUT2D eigenvalue weighted by Crippen LogP contribution is 2.33. The van der Waals surface area contributed by atoms with Gasteiger partial charge >= 0.3 is 0 Å². The van der Waals surface area contributed by atoms with Gasteiger partial charge in [0.1, 0.15) is 11.5 Å². The molecule has 1 aliphatic heterocycles. The second kappa shape index (κ2) is 8.21. The highest BCUT2D eigenvalue weighted by atomic mass is 35.5. The largest absolute Gasteiger partial charge is 0.282 e. The van der Waals surface area contributed by atoms with Crippen molar-refractivity contribution in [3.8, 4) is 0 Å². The summed E-state index contributed by atoms with van der Waals surface area (Å²) in [6, 6.07) is 19.5. The van der Waals surface area contributed by atoms with Gasteiger partial charge in [0.25, 0.3) is 5.91 Å². The molecule has 3 nitrogen and oxygen atoms in total. The van der Waals surface area contributed by atoms with Gasteiger partial charge in [-0.3, -0.25) is 9.69 Å². The summed E-state index contributed by atoms with van der Waals surface area (Å²) in [5, 5.41) is 1.70. The highest BCUT2D eigenvalue weighted by Gasteiger charge is 2.32. The van der Waals surface area contributed by atoms with Gasteiger partial charge in [0, 0.05) is 15.6 Å². The SMILES string of the molecule is O=C1C(=Cc2ccc(Cl)cc2Cl)N=C(c2ccccc2)N1c1ccc(Cl)c(Cl)c1. The van der Waals surface area contributed by atoms with E-state index < -0.39 is 0 Å². The first kappa shape index (κ1) is 20.0. The Morgan fingerprint density at radius 3 is 2.24 bits per heavy atom. The average Bonchev–Trinajstić information content (AvgIpc) is 3.03. The third-order valence-corrected chi connectivity index (χ3v) is 5.61. The van der Waals surface area contributed by atoms with Gasteiger partial charge in [0.15, 0.2) is 0 Å². The van der Waals surface area contributed by atoms with Crippen molar-refractivity contribution in [1.82, 2.24) is 0 Å². The van der Waals surface area contributed by atoms with Gasteiger partial charge in [-0.05, 0) is 42.0 Å². The van der Waals surface area contributed by atoms with Crippen molar-refractivity contribution in [3.63, 3.8) is 0 Å². The third-order valence-electron chi connectivity index (χ3n) is 4.31. The van der Waals surface area contributed by atoms with Crippen molar-refractivity contribution in [1.29, 1.82) is 0 Å². The number of carbonyl (C=O) groups excluding carboxylic acids is 1. The first-order valence-electron chi connectivity index (χ1n) is 8.54. The van der Waals surface area contributed by atoms with Gasteiger partial charge in [0.2, 0.25) is 0 Å². The molecule has 7 heteroatoms. The lowest BCUT2D eigenvalue weighted by atomic mass is 10.1. The number of aliphatic imine (C=N–C) groups is 1. The van der Waals surface area contributed by atoms with Gasteiger partial charge in [-0.1, -0.05) is 82.8 Å². The molecule has 29 heavy (non-hydrogen) atoms. The van der Waals surface area contributed by atoms with Crippen molar-refractivity contribution < 1.29 is 4.79 Å². The van der Waals surface area contributed by atoms with E-state index in [1.165, 1.54) is 4.90 Å². The number of hydrogen-bond donors (Lipinski definition) is 0. The molecule has 3 aromatic carbocycles. The van der Waals surface area contributed by atoms with Crippen LogP contribution in [-0.2, 0) is 4.79 Å². The van der Waals surface area contributed by atoms with Crippen molar-refractivity contribution in [2.24, 2.45) is 4.99 Å². The van der Waals surface area contributed by atoms with E-state index in [4.69, 9.17) is 46.4 Å². The maximum absolute atomic E-state index is 13.3. The molecular weight excluding hydrogens is 450 g/mol. The molecule has 0 bridgehead atoms. The smallest absolute Gasteiger partial charge is 0.266 e. The summed E-state index contributed by atoms with van der Waals surface area (Å²) in [5.41, 5.74) is 2.25. The number of benzene rings is 3. The standard InChI is InChI=1S/C22H12Cl4N2O/c23-15-7-6-14(18(25)11-15)10-20-22(29)28(16-8-9-17(24)19(26)12-16)21(27-20)13-4-2-1-3-5-13/h1-12H. The number of amidine groups is 1. The first-order chi connectivity index (χ1) is 13.9. The van der Waals surface area contributed by atoms with Gasteiger partial charge in [-0.25, -0.2) is 4.99 Å². The maximum Gasteiger partial charge on any atom is 0.282 e. The van der Waals surface area contributed by atoms with Crippen molar-refractivity contribution in [2.45, 2.75) is 0 Å². The maximum atomic E-state index is 13.3. The van der Waals surface area contributed by atoms with Crippen LogP contribution in [0.3, 0.4) is 0 Å². The van der Waals surface area contributed by atoms with Gasteiger partial charge < -0.3 is 0 Å². The van der Waals surface area contributed by atoms with Crippen LogP contribution in [0.5, 0.6) is 0 Å². The summed E-state index contributed by atoms with van der Waals surface area (Å²) in [6.45, 7) is 0. The minimum atomic E-state index is -0.298. The minimum absolute atomic E-state index is 0.249. The molecule has 1 aliphatic rings. The van der Waals surface area contributed by atoms with E-state index in [0.29, 0.717) is 37.2 Å². The zero-order valence-corrected chi connectivity index (χ0v) is 17.8. The Bertz CT molecular complexity index is 1170. The van der Waals surface area contributed by atoms with Crippen molar-refractivity contribution in [2.75, 3.05) is 4.90 Å². The summed E-state index contributed by atoms with van der Waals surface area (Å²) in [6.07, 6.45) is 1.64. The van der Waals surface area contributed by atoms with E-state index in [2.05, 4.69) is 4.99 Å². The van der Waals surface area contributed by atoms with Gasteiger partial charge in [-0.2, -0.15) is 0 Å². The number of halogens is 4. The Kier molecular flexibility index (Phi) is 5.66. The molecule has 4 rings (SSSR count). The van der Waals surface area contributed by atoms with Crippen LogP contribution in [0.15, 0.2) is 77.4 Å². The summed E-state index contributed by atoms with van der Waals surface area (Å²) in [7, 11) is 0. The number of carbonyl (C=O) groups is 1. The fourth-order valence-corrected chi connectivity index (χ4v) is 3.68. The molecule has 0 saturated carbocycles. The molecule has 0 aliphatic carbocycles. The topological polar surface area (TPSA) is 32.7 Å². The Labute approximate surface area is 187 Å². The number of nitrogens with zero attached hydrogens (tertiary/aromatic N) is 2. The molecule has 0 spiro atoms. The zero-order valence-electron chi connectivity index (χ0n) is 14.7. The molecule has 0 aromatic heterocycles. The van der Waals surface area contributed by atoms with Crippen LogP contribution in [-0.4, -0.2) is 11.7 Å². The van der Waals surface area contributed by atoms with E-state index >= 15 is 0 Å². The number of hydrogen-bond acceptors (Lipinski definition) is 2. The molecule has 0 unspecified atom stereocenters. The fraction of sp³-hybridized carbons (Fsp3) is 0. The Morgan fingerprint density at radius 1 is 0.793 bits per heavy atom. The average molecular weight is 462 g/mol. The molecule has 144 valence electrons. The summed E-state index contributed by atoms with van der Waals surface area (Å²) in [5.74, 6) is 0.193. The molecule has 0 fully saturated rings. The zero-order chi connectivity index (χ0) is 20.5. The predicted octanol–water partition coefficient (Wildman–Crippen LogP) is 7.13. The predicted molar refractivity (Wildman–Crippen MR) is 121 cm³/mol. The molecule has 1 amide bonds. The lowest BCUT2D eigenvalue weighted by molar-refractivity contribution is -0.113. The third kappa shape index (κ3) is 4.05. The van der Waals surface area contributed by atoms with Crippen LogP contribution >= 0.6 is 46.4 Å². The van der Waals surface area contributed by atoms with E-state index in [1.54, 1.807) is 42.5 Å². The number of anilines is 1. The van der Waals surface area contributed by atoms with Crippen molar-refractivity contribution in [3.05, 3.63) is 104 Å². The van der Waals surface area contributed by atoms with Crippen molar-refractivity contribution >= 4 is 69.9 Å². The highest BCUT2D eigenvalue weighted by molar-refractivity contribution is 6.42. The number of amides is 1. The Morgan fingerprint density at radius 2 is 1.55 bits per heavy atom.